The predicted molar refractivity (Wildman–Crippen MR) is 52.4 cm³/mol. The molecule has 3 unspecified atom stereocenters. The number of rotatable bonds is 1. The Kier molecular flexibility index (Phi) is 5.58. The molecule has 1 radical (unpaired) electrons. The summed E-state index contributed by atoms with van der Waals surface area (Å²) in [5.74, 6) is 0.590. The summed E-state index contributed by atoms with van der Waals surface area (Å²) in [6, 6.07) is 0.529. The summed E-state index contributed by atoms with van der Waals surface area (Å²) < 4.78 is 12.9. The monoisotopic (exact) mass is 376 g/mol. The fourth-order valence-corrected chi connectivity index (χ4v) is 2.44. The van der Waals surface area contributed by atoms with Crippen LogP contribution in [0.15, 0.2) is 0 Å². The van der Waals surface area contributed by atoms with E-state index >= 15 is 0 Å². The Morgan fingerprint density at radius 3 is 2.57 bits per heavy atom. The van der Waals surface area contributed by atoms with Gasteiger partial charge >= 0.3 is 0 Å². The van der Waals surface area contributed by atoms with Gasteiger partial charge in [0, 0.05) is 20.1 Å². The van der Waals surface area contributed by atoms with Crippen molar-refractivity contribution in [2.45, 2.75) is 50.7 Å². The summed E-state index contributed by atoms with van der Waals surface area (Å²) in [5, 5.41) is 4.62. The topological polar surface area (TPSA) is 14.1 Å². The van der Waals surface area contributed by atoms with Crippen LogP contribution in [0.25, 0.3) is 5.32 Å². The van der Waals surface area contributed by atoms with Crippen molar-refractivity contribution in [3.05, 3.63) is 11.7 Å². The van der Waals surface area contributed by atoms with E-state index in [0.717, 1.165) is 19.4 Å². The molecule has 0 aromatic carbocycles. The van der Waals surface area contributed by atoms with Crippen molar-refractivity contribution in [3.8, 4) is 0 Å². The van der Waals surface area contributed by atoms with E-state index in [1.165, 1.54) is 19.3 Å². The summed E-state index contributed by atoms with van der Waals surface area (Å²) in [4.78, 5) is 0. The van der Waals surface area contributed by atoms with Crippen LogP contribution in [-0.2, 0) is 20.1 Å². The molecule has 3 heteroatoms. The fourth-order valence-electron chi connectivity index (χ4n) is 2.44. The fraction of sp³-hybridized carbons (Fsp3) is 0.909. The zero-order valence-electron chi connectivity index (χ0n) is 8.42. The first-order chi connectivity index (χ1) is 6.36. The van der Waals surface area contributed by atoms with Crippen molar-refractivity contribution in [2.24, 2.45) is 5.92 Å². The van der Waals surface area contributed by atoms with Crippen LogP contribution in [0.5, 0.6) is 0 Å². The van der Waals surface area contributed by atoms with Crippen molar-refractivity contribution in [1.82, 2.24) is 0 Å². The first-order valence-corrected chi connectivity index (χ1v) is 5.50. The third kappa shape index (κ3) is 3.29. The van der Waals surface area contributed by atoms with Gasteiger partial charge in [-0.1, -0.05) is 25.7 Å². The molecule has 1 aliphatic carbocycles. The van der Waals surface area contributed by atoms with E-state index in [0.29, 0.717) is 18.4 Å². The Morgan fingerprint density at radius 2 is 2.00 bits per heavy atom. The minimum Gasteiger partial charge on any atom is -0.661 e. The van der Waals surface area contributed by atoms with E-state index in [4.69, 9.17) is 0 Å². The van der Waals surface area contributed by atoms with Crippen molar-refractivity contribution >= 4 is 0 Å². The van der Waals surface area contributed by atoms with Crippen molar-refractivity contribution in [3.63, 3.8) is 0 Å². The molecule has 0 aromatic heterocycles. The average Bonchev–Trinajstić information content (AvgIpc) is 2.20. The van der Waals surface area contributed by atoms with Gasteiger partial charge in [-0.2, -0.15) is 12.0 Å². The van der Waals surface area contributed by atoms with Gasteiger partial charge in [0.2, 0.25) is 0 Å². The maximum atomic E-state index is 12.9. The van der Waals surface area contributed by atoms with Crippen LogP contribution in [0.2, 0.25) is 0 Å². The van der Waals surface area contributed by atoms with Crippen LogP contribution in [0.4, 0.5) is 4.39 Å². The van der Waals surface area contributed by atoms with E-state index < -0.39 is 6.17 Å². The zero-order valence-corrected chi connectivity index (χ0v) is 10.8. The summed E-state index contributed by atoms with van der Waals surface area (Å²) in [5.41, 5.74) is 0. The molecule has 1 saturated carbocycles. The van der Waals surface area contributed by atoms with Gasteiger partial charge in [-0.25, -0.2) is 0 Å². The van der Waals surface area contributed by atoms with Crippen LogP contribution in [0.1, 0.15) is 38.5 Å². The smallest absolute Gasteiger partial charge is 0.0733 e. The number of nitrogens with zero attached hydrogens (tertiary/aromatic N) is 1. The van der Waals surface area contributed by atoms with Gasteiger partial charge in [0.15, 0.2) is 0 Å². The second kappa shape index (κ2) is 6.19. The third-order valence-electron chi connectivity index (χ3n) is 3.27. The van der Waals surface area contributed by atoms with Crippen LogP contribution < -0.4 is 0 Å². The number of hydrogen-bond donors (Lipinski definition) is 0. The molecule has 14 heavy (non-hydrogen) atoms. The Hall–Kier alpha value is 0.539. The molecule has 0 amide bonds. The van der Waals surface area contributed by atoms with Crippen LogP contribution in [-0.4, -0.2) is 18.8 Å². The van der Waals surface area contributed by atoms with E-state index in [2.05, 4.69) is 11.7 Å². The molecule has 3 atom stereocenters. The minimum atomic E-state index is -0.570. The molecule has 2 aliphatic rings. The Balaban J connectivity index is 0.000000980. The standard InChI is InChI=1S/C11H18FN.Ir/c12-10-6-4-9(5-7-10)11-3-1-2-8-13-11;/h4,9-11H,1-3,5-8H2;/q-2;. The van der Waals surface area contributed by atoms with Gasteiger partial charge in [0.05, 0.1) is 6.17 Å². The van der Waals surface area contributed by atoms with Crippen LogP contribution >= 0.6 is 0 Å². The number of piperidine rings is 1. The van der Waals surface area contributed by atoms with Crippen molar-refractivity contribution < 1.29 is 24.5 Å². The SMILES string of the molecule is FC1C[CH-]C(C2CCCC[N-]2)CC1.[Ir]. The normalized spacial score (nSPS) is 38.8. The Bertz CT molecular complexity index is 151. The summed E-state index contributed by atoms with van der Waals surface area (Å²) in [6.07, 6.45) is 7.86. The van der Waals surface area contributed by atoms with E-state index in [1.807, 2.05) is 0 Å². The molecule has 1 saturated heterocycles. The summed E-state index contributed by atoms with van der Waals surface area (Å²) in [6.45, 7) is 1.04. The molecule has 85 valence electrons. The molecule has 2 rings (SSSR count). The first-order valence-electron chi connectivity index (χ1n) is 5.50. The molecular formula is C11H18FIrN-2. The summed E-state index contributed by atoms with van der Waals surface area (Å²) in [7, 11) is 0. The van der Waals surface area contributed by atoms with Gasteiger partial charge in [-0.05, 0) is 6.42 Å². The number of hydrogen-bond acceptors (Lipinski definition) is 0. The third-order valence-corrected chi connectivity index (χ3v) is 3.27. The minimum absolute atomic E-state index is 0. The molecule has 2 fully saturated rings. The molecule has 1 heterocycles. The molecule has 0 aromatic rings. The predicted octanol–water partition coefficient (Wildman–Crippen LogP) is 3.25. The van der Waals surface area contributed by atoms with E-state index in [9.17, 15) is 4.39 Å². The molecular weight excluding hydrogens is 357 g/mol. The second-order valence-electron chi connectivity index (χ2n) is 4.28. The van der Waals surface area contributed by atoms with Crippen molar-refractivity contribution in [2.75, 3.05) is 6.54 Å². The number of halogens is 1. The van der Waals surface area contributed by atoms with Gasteiger partial charge in [-0.3, -0.25) is 4.39 Å². The molecule has 0 N–H and O–H groups in total. The zero-order chi connectivity index (χ0) is 9.10. The molecule has 1 aliphatic heterocycles. The van der Waals surface area contributed by atoms with Gasteiger partial charge < -0.3 is 11.7 Å². The van der Waals surface area contributed by atoms with Gasteiger partial charge in [0.1, 0.15) is 0 Å². The number of alkyl halides is 1. The van der Waals surface area contributed by atoms with Crippen LogP contribution in [0.3, 0.4) is 0 Å². The first kappa shape index (κ1) is 12.6. The van der Waals surface area contributed by atoms with Crippen molar-refractivity contribution in [1.29, 1.82) is 0 Å². The van der Waals surface area contributed by atoms with Gasteiger partial charge in [0.25, 0.3) is 0 Å². The molecule has 1 nitrogen and oxygen atoms in total. The van der Waals surface area contributed by atoms with Gasteiger partial charge in [-0.15, -0.1) is 13.0 Å². The van der Waals surface area contributed by atoms with Crippen LogP contribution in [0, 0.1) is 12.3 Å². The average molecular weight is 375 g/mol. The maximum Gasteiger partial charge on any atom is 0.0733 e. The van der Waals surface area contributed by atoms with E-state index in [-0.39, 0.29) is 20.1 Å². The van der Waals surface area contributed by atoms with E-state index in [1.54, 1.807) is 0 Å². The Morgan fingerprint density at radius 1 is 1.14 bits per heavy atom. The maximum absolute atomic E-state index is 12.9. The second-order valence-corrected chi connectivity index (χ2v) is 4.28. The summed E-state index contributed by atoms with van der Waals surface area (Å²) >= 11 is 0. The largest absolute Gasteiger partial charge is 0.661 e. The molecule has 0 bridgehead atoms. The quantitative estimate of drug-likeness (QED) is 0.625. The molecule has 0 spiro atoms. The Labute approximate surface area is 99.6 Å².